The number of allylic oxidation sites excluding steroid dienone is 1. The zero-order valence-electron chi connectivity index (χ0n) is 21.8. The maximum atomic E-state index is 13.5. The van der Waals surface area contributed by atoms with E-state index in [1.54, 1.807) is 0 Å². The van der Waals surface area contributed by atoms with Crippen LogP contribution in [0.4, 0.5) is 11.4 Å². The zero-order valence-corrected chi connectivity index (χ0v) is 21.8. The van der Waals surface area contributed by atoms with Crippen LogP contribution >= 0.6 is 0 Å². The maximum Gasteiger partial charge on any atom is 0.244 e. The molecule has 6 atom stereocenters. The highest BCUT2D eigenvalue weighted by atomic mass is 16.3. The zero-order chi connectivity index (χ0) is 25.4. The molecule has 37 heavy (non-hydrogen) atoms. The fraction of sp³-hybridized carbons (Fsp3) is 0.667. The van der Waals surface area contributed by atoms with Crippen LogP contribution in [0.5, 0.6) is 0 Å². The molecule has 0 aromatic heterocycles. The number of benzene rings is 1. The fourth-order valence-corrected chi connectivity index (χ4v) is 6.59. The number of hydrazine groups is 1. The average molecular weight is 511 g/mol. The molecule has 1 amide bonds. The lowest BCUT2D eigenvalue weighted by atomic mass is 9.85. The average Bonchev–Trinajstić information content (AvgIpc) is 3.19. The summed E-state index contributed by atoms with van der Waals surface area (Å²) in [7, 11) is 0. The van der Waals surface area contributed by atoms with Crippen LogP contribution in [0.2, 0.25) is 0 Å². The van der Waals surface area contributed by atoms with Gasteiger partial charge in [0, 0.05) is 50.1 Å². The Morgan fingerprint density at radius 3 is 2.70 bits per heavy atom. The molecule has 2 bridgehead atoms. The third-order valence-electron chi connectivity index (χ3n) is 8.75. The van der Waals surface area contributed by atoms with E-state index in [-0.39, 0.29) is 36.5 Å². The maximum absolute atomic E-state index is 13.5. The number of carbonyl (C=O) groups excluding carboxylic acids is 1. The number of piperidine rings is 1. The number of rotatable bonds is 3. The van der Waals surface area contributed by atoms with Crippen LogP contribution in [0.1, 0.15) is 39.0 Å². The van der Waals surface area contributed by atoms with Crippen LogP contribution in [-0.2, 0) is 4.79 Å². The number of hydrogen-bond acceptors (Lipinski definition) is 9. The standard InChI is InChI=1S/C27H42N8O2/c1-27(37)12-3-2-4-15-34-25(36)21-18-29-26(32-24(21)35(34)23-7-5-6-22(27)31-23)30-19-8-10-20(11-9-19)33-16-13-28-14-17-33/h2,4,8-11,21-24,26,28-32,37H,3,5-7,12-18H2,1H3/b4-2-. The molecule has 6 unspecified atom stereocenters. The summed E-state index contributed by atoms with van der Waals surface area (Å²) in [6.07, 6.45) is 8.36. The van der Waals surface area contributed by atoms with E-state index >= 15 is 0 Å². The van der Waals surface area contributed by atoms with Crippen LogP contribution in [0, 0.1) is 5.92 Å². The summed E-state index contributed by atoms with van der Waals surface area (Å²) in [4.78, 5) is 15.9. The molecule has 6 rings (SSSR count). The lowest BCUT2D eigenvalue weighted by Crippen LogP contribution is -2.69. The van der Waals surface area contributed by atoms with Gasteiger partial charge in [0.15, 0.2) is 0 Å². The summed E-state index contributed by atoms with van der Waals surface area (Å²) in [5, 5.41) is 33.3. The summed E-state index contributed by atoms with van der Waals surface area (Å²) >= 11 is 0. The lowest BCUT2D eigenvalue weighted by Gasteiger charge is -2.47. The molecule has 4 saturated heterocycles. The molecular weight excluding hydrogens is 468 g/mol. The number of amides is 1. The summed E-state index contributed by atoms with van der Waals surface area (Å²) in [5.74, 6) is -0.00410. The lowest BCUT2D eigenvalue weighted by molar-refractivity contribution is -0.146. The Hall–Kier alpha value is -2.21. The topological polar surface area (TPSA) is 107 Å². The Kier molecular flexibility index (Phi) is 7.13. The van der Waals surface area contributed by atoms with E-state index in [0.29, 0.717) is 13.1 Å². The van der Waals surface area contributed by atoms with Crippen LogP contribution in [0.3, 0.4) is 0 Å². The predicted molar refractivity (Wildman–Crippen MR) is 144 cm³/mol. The molecule has 10 heteroatoms. The molecule has 0 saturated carbocycles. The van der Waals surface area contributed by atoms with Crippen molar-refractivity contribution < 1.29 is 9.90 Å². The number of anilines is 2. The Morgan fingerprint density at radius 2 is 1.89 bits per heavy atom. The molecule has 5 aliphatic heterocycles. The van der Waals surface area contributed by atoms with Crippen molar-refractivity contribution in [3.8, 4) is 0 Å². The van der Waals surface area contributed by atoms with Crippen molar-refractivity contribution >= 4 is 17.3 Å². The molecule has 0 aliphatic carbocycles. The van der Waals surface area contributed by atoms with Gasteiger partial charge in [0.25, 0.3) is 0 Å². The molecular formula is C27H42N8O2. The molecule has 1 aromatic rings. The van der Waals surface area contributed by atoms with Gasteiger partial charge in [0.05, 0.1) is 30.4 Å². The van der Waals surface area contributed by atoms with Crippen molar-refractivity contribution in [2.24, 2.45) is 5.92 Å². The van der Waals surface area contributed by atoms with Crippen LogP contribution < -0.4 is 31.5 Å². The molecule has 6 N–H and O–H groups in total. The molecule has 1 aromatic carbocycles. The Morgan fingerprint density at radius 1 is 1.08 bits per heavy atom. The SMILES string of the molecule is CC1(O)CC/C=C\CN2C(=O)C3CNC(Nc4ccc(N5CCNCC5)cc4)NC3N2C2CCCC1N2. The molecule has 5 aliphatic rings. The largest absolute Gasteiger partial charge is 0.389 e. The van der Waals surface area contributed by atoms with Gasteiger partial charge >= 0.3 is 0 Å². The Balaban J connectivity index is 1.18. The fourth-order valence-electron chi connectivity index (χ4n) is 6.59. The van der Waals surface area contributed by atoms with E-state index in [9.17, 15) is 9.90 Å². The van der Waals surface area contributed by atoms with Gasteiger partial charge in [-0.25, -0.2) is 0 Å². The monoisotopic (exact) mass is 510 g/mol. The third kappa shape index (κ3) is 5.10. The molecule has 4 fully saturated rings. The highest BCUT2D eigenvalue weighted by molar-refractivity contribution is 5.82. The van der Waals surface area contributed by atoms with Crippen molar-refractivity contribution in [3.63, 3.8) is 0 Å². The number of nitrogens with one attached hydrogen (secondary N) is 5. The molecule has 10 nitrogen and oxygen atoms in total. The van der Waals surface area contributed by atoms with E-state index in [4.69, 9.17) is 0 Å². The summed E-state index contributed by atoms with van der Waals surface area (Å²) in [5.41, 5.74) is 1.51. The van der Waals surface area contributed by atoms with Gasteiger partial charge in [-0.1, -0.05) is 12.2 Å². The van der Waals surface area contributed by atoms with Gasteiger partial charge in [0.2, 0.25) is 5.91 Å². The van der Waals surface area contributed by atoms with Crippen molar-refractivity contribution in [3.05, 3.63) is 36.4 Å². The quantitative estimate of drug-likeness (QED) is 0.325. The third-order valence-corrected chi connectivity index (χ3v) is 8.75. The highest BCUT2D eigenvalue weighted by Crippen LogP contribution is 2.34. The summed E-state index contributed by atoms with van der Waals surface area (Å²) in [6.45, 7) is 7.22. The first-order chi connectivity index (χ1) is 18.0. The van der Waals surface area contributed by atoms with Gasteiger partial charge in [0.1, 0.15) is 6.29 Å². The first-order valence-corrected chi connectivity index (χ1v) is 14.0. The second-order valence-corrected chi connectivity index (χ2v) is 11.3. The van der Waals surface area contributed by atoms with Gasteiger partial charge < -0.3 is 20.6 Å². The number of aliphatic hydroxyl groups is 1. The normalized spacial score (nSPS) is 37.9. The smallest absolute Gasteiger partial charge is 0.244 e. The molecule has 0 spiro atoms. The first kappa shape index (κ1) is 25.1. The second-order valence-electron chi connectivity index (χ2n) is 11.3. The van der Waals surface area contributed by atoms with E-state index in [0.717, 1.165) is 64.0 Å². The predicted octanol–water partition coefficient (Wildman–Crippen LogP) is 0.555. The number of carbonyl (C=O) groups is 1. The molecule has 0 radical (unpaired) electrons. The summed E-state index contributed by atoms with van der Waals surface area (Å²) in [6, 6.07) is 8.63. The van der Waals surface area contributed by atoms with Crippen molar-refractivity contribution in [1.82, 2.24) is 31.3 Å². The Bertz CT molecular complexity index is 979. The minimum absolute atomic E-state index is 0.000223. The van der Waals surface area contributed by atoms with Crippen LogP contribution in [0.15, 0.2) is 36.4 Å². The number of piperazine rings is 1. The van der Waals surface area contributed by atoms with Gasteiger partial charge in [-0.2, -0.15) is 5.01 Å². The highest BCUT2D eigenvalue weighted by Gasteiger charge is 2.52. The molecule has 202 valence electrons. The number of hydrogen-bond donors (Lipinski definition) is 6. The van der Waals surface area contributed by atoms with Crippen molar-refractivity contribution in [1.29, 1.82) is 0 Å². The van der Waals surface area contributed by atoms with E-state index < -0.39 is 5.60 Å². The summed E-state index contributed by atoms with van der Waals surface area (Å²) < 4.78 is 0. The van der Waals surface area contributed by atoms with Gasteiger partial charge in [-0.05, 0) is 63.3 Å². The van der Waals surface area contributed by atoms with Crippen LogP contribution in [-0.4, -0.2) is 90.6 Å². The number of fused-ring (bicyclic) bond motifs is 6. The van der Waals surface area contributed by atoms with E-state index in [1.165, 1.54) is 5.69 Å². The van der Waals surface area contributed by atoms with Crippen molar-refractivity contribution in [2.75, 3.05) is 49.5 Å². The van der Waals surface area contributed by atoms with Gasteiger partial charge in [-0.3, -0.25) is 25.8 Å². The minimum atomic E-state index is -0.774. The number of nitrogens with zero attached hydrogens (tertiary/aromatic N) is 3. The van der Waals surface area contributed by atoms with E-state index in [1.807, 2.05) is 11.9 Å². The molecule has 5 heterocycles. The van der Waals surface area contributed by atoms with Crippen LogP contribution in [0.25, 0.3) is 0 Å². The minimum Gasteiger partial charge on any atom is -0.389 e. The van der Waals surface area contributed by atoms with Gasteiger partial charge in [-0.15, -0.1) is 0 Å². The van der Waals surface area contributed by atoms with Crippen molar-refractivity contribution in [2.45, 2.75) is 69.3 Å². The first-order valence-electron chi connectivity index (χ1n) is 14.0. The Labute approximate surface area is 219 Å². The second kappa shape index (κ2) is 10.5. The van der Waals surface area contributed by atoms with E-state index in [2.05, 4.69) is 72.9 Å².